The first-order valence-electron chi connectivity index (χ1n) is 9.41. The van der Waals surface area contributed by atoms with Crippen molar-refractivity contribution in [3.8, 4) is 0 Å². The van der Waals surface area contributed by atoms with Gasteiger partial charge in [0.2, 0.25) is 10.0 Å². The number of aryl methyl sites for hydroxylation is 1. The summed E-state index contributed by atoms with van der Waals surface area (Å²) in [5, 5.41) is 5.47. The monoisotopic (exact) mass is 414 g/mol. The summed E-state index contributed by atoms with van der Waals surface area (Å²) in [5.41, 5.74) is 1.04. The van der Waals surface area contributed by atoms with E-state index in [1.807, 2.05) is 6.92 Å². The normalized spacial score (nSPS) is 20.5. The number of thiazole rings is 1. The van der Waals surface area contributed by atoms with Crippen LogP contribution in [0.25, 0.3) is 0 Å². The molecular formula is C17H26N4O4S2. The summed E-state index contributed by atoms with van der Waals surface area (Å²) in [4.78, 5) is 29.7. The fourth-order valence-electron chi connectivity index (χ4n) is 3.69. The first-order valence-corrected chi connectivity index (χ1v) is 11.8. The fourth-order valence-corrected chi connectivity index (χ4v) is 6.11. The summed E-state index contributed by atoms with van der Waals surface area (Å²) < 4.78 is 24.7. The third-order valence-electron chi connectivity index (χ3n) is 5.10. The minimum atomic E-state index is -3.19. The van der Waals surface area contributed by atoms with Crippen molar-refractivity contribution in [2.75, 3.05) is 30.7 Å². The van der Waals surface area contributed by atoms with E-state index in [0.29, 0.717) is 24.0 Å². The molecule has 1 saturated carbocycles. The summed E-state index contributed by atoms with van der Waals surface area (Å²) in [6.07, 6.45) is 6.53. The van der Waals surface area contributed by atoms with Crippen molar-refractivity contribution in [3.63, 3.8) is 0 Å². The number of amides is 2. The van der Waals surface area contributed by atoms with Crippen LogP contribution >= 0.6 is 11.3 Å². The number of anilines is 1. The van der Waals surface area contributed by atoms with Crippen molar-refractivity contribution in [1.29, 1.82) is 0 Å². The van der Waals surface area contributed by atoms with Gasteiger partial charge in [-0.15, -0.1) is 11.3 Å². The molecule has 27 heavy (non-hydrogen) atoms. The van der Waals surface area contributed by atoms with Crippen molar-refractivity contribution in [2.45, 2.75) is 51.4 Å². The number of nitrogens with one attached hydrogen (secondary N) is 2. The molecule has 1 aliphatic carbocycles. The standard InChI is InChI=1S/C17H26N4O4S2/c1-12-14(13-6-3-2-4-7-13)19-17(26-12)20-16(23)15(22)18-8-10-21-9-5-11-27(21,24)25/h13H,2-11H2,1H3,(H,18,22)(H,19,20,23). The van der Waals surface area contributed by atoms with Gasteiger partial charge in [-0.05, 0) is 26.2 Å². The smallest absolute Gasteiger partial charge is 0.315 e. The van der Waals surface area contributed by atoms with Gasteiger partial charge >= 0.3 is 11.8 Å². The first-order chi connectivity index (χ1) is 12.9. The average Bonchev–Trinajstić information content (AvgIpc) is 3.17. The lowest BCUT2D eigenvalue weighted by molar-refractivity contribution is -0.136. The zero-order valence-electron chi connectivity index (χ0n) is 15.5. The highest BCUT2D eigenvalue weighted by Crippen LogP contribution is 2.36. The molecule has 1 aromatic heterocycles. The zero-order valence-corrected chi connectivity index (χ0v) is 17.1. The topological polar surface area (TPSA) is 108 Å². The van der Waals surface area contributed by atoms with E-state index in [1.54, 1.807) is 0 Å². The minimum Gasteiger partial charge on any atom is -0.347 e. The zero-order chi connectivity index (χ0) is 19.4. The molecule has 0 aromatic carbocycles. The maximum absolute atomic E-state index is 12.1. The lowest BCUT2D eigenvalue weighted by Gasteiger charge is -2.20. The Kier molecular flexibility index (Phi) is 6.48. The Morgan fingerprint density at radius 1 is 1.19 bits per heavy atom. The number of sulfonamides is 1. The molecule has 2 amide bonds. The van der Waals surface area contributed by atoms with E-state index >= 15 is 0 Å². The van der Waals surface area contributed by atoms with Gasteiger partial charge in [0.1, 0.15) is 0 Å². The van der Waals surface area contributed by atoms with Crippen molar-refractivity contribution in [2.24, 2.45) is 0 Å². The Labute approximate surface area is 163 Å². The van der Waals surface area contributed by atoms with Gasteiger partial charge in [-0.2, -0.15) is 0 Å². The minimum absolute atomic E-state index is 0.107. The molecule has 10 heteroatoms. The van der Waals surface area contributed by atoms with Crippen LogP contribution in [-0.2, 0) is 19.6 Å². The number of carbonyl (C=O) groups excluding carboxylic acids is 2. The summed E-state index contributed by atoms with van der Waals surface area (Å²) >= 11 is 1.39. The van der Waals surface area contributed by atoms with E-state index in [2.05, 4.69) is 15.6 Å². The molecule has 3 rings (SSSR count). The van der Waals surface area contributed by atoms with Gasteiger partial charge in [-0.1, -0.05) is 19.3 Å². The Bertz CT molecular complexity index is 800. The summed E-state index contributed by atoms with van der Waals surface area (Å²) in [6, 6.07) is 0. The van der Waals surface area contributed by atoms with Crippen LogP contribution in [0.4, 0.5) is 5.13 Å². The van der Waals surface area contributed by atoms with Crippen molar-refractivity contribution >= 4 is 38.3 Å². The predicted octanol–water partition coefficient (Wildman–Crippen LogP) is 1.59. The number of nitrogens with zero attached hydrogens (tertiary/aromatic N) is 2. The van der Waals surface area contributed by atoms with E-state index in [1.165, 1.54) is 34.9 Å². The number of hydrogen-bond donors (Lipinski definition) is 2. The van der Waals surface area contributed by atoms with Gasteiger partial charge in [0.15, 0.2) is 5.13 Å². The lowest BCUT2D eigenvalue weighted by atomic mass is 9.87. The SMILES string of the molecule is Cc1sc(NC(=O)C(=O)NCCN2CCCS2(=O)=O)nc1C1CCCCC1. The second-order valence-electron chi connectivity index (χ2n) is 7.07. The van der Waals surface area contributed by atoms with E-state index in [9.17, 15) is 18.0 Å². The molecule has 2 aliphatic rings. The Hall–Kier alpha value is -1.52. The molecule has 1 aliphatic heterocycles. The summed E-state index contributed by atoms with van der Waals surface area (Å²) in [5.74, 6) is -0.965. The number of hydrogen-bond acceptors (Lipinski definition) is 6. The van der Waals surface area contributed by atoms with Crippen molar-refractivity contribution < 1.29 is 18.0 Å². The van der Waals surface area contributed by atoms with Gasteiger partial charge in [-0.3, -0.25) is 14.9 Å². The quantitative estimate of drug-likeness (QED) is 0.711. The third-order valence-corrected chi connectivity index (χ3v) is 7.96. The van der Waals surface area contributed by atoms with Crippen molar-refractivity contribution in [3.05, 3.63) is 10.6 Å². The maximum Gasteiger partial charge on any atom is 0.315 e. The highest BCUT2D eigenvalue weighted by molar-refractivity contribution is 7.89. The predicted molar refractivity (Wildman–Crippen MR) is 104 cm³/mol. The lowest BCUT2D eigenvalue weighted by Crippen LogP contribution is -2.40. The van der Waals surface area contributed by atoms with Crippen LogP contribution in [0.3, 0.4) is 0 Å². The first kappa shape index (κ1) is 20.2. The highest BCUT2D eigenvalue weighted by atomic mass is 32.2. The molecule has 2 N–H and O–H groups in total. The van der Waals surface area contributed by atoms with Gasteiger partial charge in [0, 0.05) is 30.4 Å². The molecule has 0 spiro atoms. The molecule has 1 aromatic rings. The molecule has 8 nitrogen and oxygen atoms in total. The highest BCUT2D eigenvalue weighted by Gasteiger charge is 2.28. The third kappa shape index (κ3) is 5.05. The fraction of sp³-hybridized carbons (Fsp3) is 0.706. The Morgan fingerprint density at radius 2 is 1.93 bits per heavy atom. The average molecular weight is 415 g/mol. The van der Waals surface area contributed by atoms with E-state index in [0.717, 1.165) is 23.4 Å². The molecular weight excluding hydrogens is 388 g/mol. The number of rotatable bonds is 5. The molecule has 1 saturated heterocycles. The van der Waals surface area contributed by atoms with Crippen LogP contribution in [0.1, 0.15) is 55.0 Å². The number of carbonyl (C=O) groups is 2. The molecule has 2 heterocycles. The van der Waals surface area contributed by atoms with Crippen LogP contribution in [0.15, 0.2) is 0 Å². The van der Waals surface area contributed by atoms with Crippen LogP contribution in [0.2, 0.25) is 0 Å². The van der Waals surface area contributed by atoms with Gasteiger partial charge < -0.3 is 5.32 Å². The van der Waals surface area contributed by atoms with Crippen LogP contribution < -0.4 is 10.6 Å². The number of aromatic nitrogens is 1. The van der Waals surface area contributed by atoms with E-state index in [4.69, 9.17) is 0 Å². The Balaban J connectivity index is 1.49. The molecule has 150 valence electrons. The molecule has 0 bridgehead atoms. The van der Waals surface area contributed by atoms with Crippen LogP contribution in [-0.4, -0.2) is 54.9 Å². The Morgan fingerprint density at radius 3 is 2.59 bits per heavy atom. The molecule has 0 atom stereocenters. The second-order valence-corrected chi connectivity index (χ2v) is 10.4. The van der Waals surface area contributed by atoms with Gasteiger partial charge in [-0.25, -0.2) is 17.7 Å². The largest absolute Gasteiger partial charge is 0.347 e. The summed E-state index contributed by atoms with van der Waals surface area (Å²) in [6.45, 7) is 2.75. The molecule has 0 unspecified atom stereocenters. The second kappa shape index (κ2) is 8.66. The van der Waals surface area contributed by atoms with E-state index in [-0.39, 0.29) is 18.8 Å². The van der Waals surface area contributed by atoms with Crippen LogP contribution in [0, 0.1) is 6.92 Å². The summed E-state index contributed by atoms with van der Waals surface area (Å²) in [7, 11) is -3.19. The van der Waals surface area contributed by atoms with Gasteiger partial charge in [0.25, 0.3) is 0 Å². The maximum atomic E-state index is 12.1. The van der Waals surface area contributed by atoms with E-state index < -0.39 is 21.8 Å². The van der Waals surface area contributed by atoms with Crippen molar-refractivity contribution in [1.82, 2.24) is 14.6 Å². The molecule has 2 fully saturated rings. The van der Waals surface area contributed by atoms with Gasteiger partial charge in [0.05, 0.1) is 11.4 Å². The molecule has 0 radical (unpaired) electrons. The van der Waals surface area contributed by atoms with Crippen LogP contribution in [0.5, 0.6) is 0 Å².